The lowest BCUT2D eigenvalue weighted by molar-refractivity contribution is 0.0950. The molecule has 0 bridgehead atoms. The fourth-order valence-corrected chi connectivity index (χ4v) is 3.28. The zero-order chi connectivity index (χ0) is 17.6. The number of rotatable bonds is 6. The van der Waals surface area contributed by atoms with Crippen LogP contribution in [0.15, 0.2) is 28.8 Å². The van der Waals surface area contributed by atoms with Crippen LogP contribution in [0.3, 0.4) is 0 Å². The van der Waals surface area contributed by atoms with E-state index in [2.05, 4.69) is 27.3 Å². The standard InChI is InChI=1S/C19H26N4O2/c1-14-5-3-11-23(13-14)12-4-10-20-19(24)17-8-6-16(7-9-17)18-21-15(2)25-22-18/h6-9,14H,3-5,10-13H2,1-2H3,(H,20,24)/t14-/m0/s1. The summed E-state index contributed by atoms with van der Waals surface area (Å²) in [4.78, 5) is 18.9. The third kappa shape index (κ3) is 4.89. The zero-order valence-electron chi connectivity index (χ0n) is 15.0. The maximum Gasteiger partial charge on any atom is 0.251 e. The number of nitrogens with zero attached hydrogens (tertiary/aromatic N) is 3. The second-order valence-corrected chi connectivity index (χ2v) is 6.87. The monoisotopic (exact) mass is 342 g/mol. The Morgan fingerprint density at radius 3 is 2.84 bits per heavy atom. The van der Waals surface area contributed by atoms with E-state index in [0.29, 0.717) is 23.8 Å². The van der Waals surface area contributed by atoms with Gasteiger partial charge in [-0.05, 0) is 50.4 Å². The number of aromatic nitrogens is 2. The molecular weight excluding hydrogens is 316 g/mol. The molecule has 0 radical (unpaired) electrons. The van der Waals surface area contributed by atoms with E-state index >= 15 is 0 Å². The molecule has 2 heterocycles. The molecule has 1 saturated heterocycles. The quantitative estimate of drug-likeness (QED) is 0.817. The van der Waals surface area contributed by atoms with Crippen LogP contribution in [0.25, 0.3) is 11.4 Å². The highest BCUT2D eigenvalue weighted by Gasteiger charge is 2.15. The lowest BCUT2D eigenvalue weighted by Gasteiger charge is -2.30. The molecule has 1 aromatic carbocycles. The number of aryl methyl sites for hydroxylation is 1. The summed E-state index contributed by atoms with van der Waals surface area (Å²) in [7, 11) is 0. The maximum absolute atomic E-state index is 12.2. The fraction of sp³-hybridized carbons (Fsp3) is 0.526. The van der Waals surface area contributed by atoms with Crippen LogP contribution in [0.4, 0.5) is 0 Å². The molecule has 1 aliphatic heterocycles. The van der Waals surface area contributed by atoms with Crippen molar-refractivity contribution in [1.82, 2.24) is 20.4 Å². The summed E-state index contributed by atoms with van der Waals surface area (Å²) in [6.45, 7) is 8.20. The van der Waals surface area contributed by atoms with Crippen molar-refractivity contribution in [3.05, 3.63) is 35.7 Å². The topological polar surface area (TPSA) is 71.3 Å². The van der Waals surface area contributed by atoms with Crippen LogP contribution in [0.1, 0.15) is 42.4 Å². The third-order valence-electron chi connectivity index (χ3n) is 4.61. The minimum atomic E-state index is -0.0390. The molecule has 0 saturated carbocycles. The van der Waals surface area contributed by atoms with Gasteiger partial charge in [0.15, 0.2) is 0 Å². The van der Waals surface area contributed by atoms with Crippen LogP contribution in [0.5, 0.6) is 0 Å². The van der Waals surface area contributed by atoms with Gasteiger partial charge in [-0.25, -0.2) is 0 Å². The Kier molecular flexibility index (Phi) is 5.81. The molecule has 6 nitrogen and oxygen atoms in total. The Morgan fingerprint density at radius 2 is 2.16 bits per heavy atom. The van der Waals surface area contributed by atoms with Gasteiger partial charge in [0.05, 0.1) is 0 Å². The van der Waals surface area contributed by atoms with Gasteiger partial charge in [-0.15, -0.1) is 0 Å². The highest BCUT2D eigenvalue weighted by atomic mass is 16.5. The Bertz CT molecular complexity index is 696. The molecule has 134 valence electrons. The smallest absolute Gasteiger partial charge is 0.251 e. The average molecular weight is 342 g/mol. The van der Waals surface area contributed by atoms with Crippen LogP contribution in [0, 0.1) is 12.8 Å². The lowest BCUT2D eigenvalue weighted by Crippen LogP contribution is -2.36. The Balaban J connectivity index is 1.43. The van der Waals surface area contributed by atoms with Gasteiger partial charge in [0.1, 0.15) is 0 Å². The summed E-state index contributed by atoms with van der Waals surface area (Å²) in [6, 6.07) is 7.27. The van der Waals surface area contributed by atoms with Gasteiger partial charge in [-0.1, -0.05) is 24.2 Å². The summed E-state index contributed by atoms with van der Waals surface area (Å²) in [6.07, 6.45) is 3.62. The maximum atomic E-state index is 12.2. The number of benzene rings is 1. The molecular formula is C19H26N4O2. The Morgan fingerprint density at radius 1 is 1.36 bits per heavy atom. The summed E-state index contributed by atoms with van der Waals surface area (Å²) >= 11 is 0. The highest BCUT2D eigenvalue weighted by Crippen LogP contribution is 2.17. The van der Waals surface area contributed by atoms with Gasteiger partial charge in [-0.3, -0.25) is 4.79 Å². The van der Waals surface area contributed by atoms with E-state index in [4.69, 9.17) is 4.52 Å². The number of nitrogens with one attached hydrogen (secondary N) is 1. The van der Waals surface area contributed by atoms with Crippen molar-refractivity contribution >= 4 is 5.91 Å². The van der Waals surface area contributed by atoms with Crippen molar-refractivity contribution in [2.45, 2.75) is 33.1 Å². The van der Waals surface area contributed by atoms with Crippen LogP contribution < -0.4 is 5.32 Å². The molecule has 1 amide bonds. The van der Waals surface area contributed by atoms with Gasteiger partial charge >= 0.3 is 0 Å². The second-order valence-electron chi connectivity index (χ2n) is 6.87. The molecule has 1 aromatic heterocycles. The van der Waals surface area contributed by atoms with Crippen molar-refractivity contribution in [3.8, 4) is 11.4 Å². The van der Waals surface area contributed by atoms with E-state index in [-0.39, 0.29) is 5.91 Å². The molecule has 0 aliphatic carbocycles. The summed E-state index contributed by atoms with van der Waals surface area (Å²) in [5, 5.41) is 6.88. The van der Waals surface area contributed by atoms with Gasteiger partial charge in [0, 0.05) is 31.1 Å². The second kappa shape index (κ2) is 8.25. The first-order valence-corrected chi connectivity index (χ1v) is 9.03. The number of hydrogen-bond acceptors (Lipinski definition) is 5. The zero-order valence-corrected chi connectivity index (χ0v) is 15.0. The third-order valence-corrected chi connectivity index (χ3v) is 4.61. The minimum absolute atomic E-state index is 0.0390. The van der Waals surface area contributed by atoms with E-state index in [1.165, 1.54) is 25.9 Å². The summed E-state index contributed by atoms with van der Waals surface area (Å²) in [5.74, 6) is 1.83. The normalized spacial score (nSPS) is 18.2. The number of carbonyl (C=O) groups is 1. The van der Waals surface area contributed by atoms with Crippen molar-refractivity contribution in [2.24, 2.45) is 5.92 Å². The van der Waals surface area contributed by atoms with Crippen molar-refractivity contribution in [1.29, 1.82) is 0 Å². The number of likely N-dealkylation sites (tertiary alicyclic amines) is 1. The molecule has 0 spiro atoms. The van der Waals surface area contributed by atoms with E-state index < -0.39 is 0 Å². The molecule has 25 heavy (non-hydrogen) atoms. The van der Waals surface area contributed by atoms with Crippen LogP contribution in [-0.4, -0.2) is 47.1 Å². The first kappa shape index (κ1) is 17.6. The average Bonchev–Trinajstić information content (AvgIpc) is 3.05. The minimum Gasteiger partial charge on any atom is -0.352 e. The summed E-state index contributed by atoms with van der Waals surface area (Å²) < 4.78 is 4.97. The van der Waals surface area contributed by atoms with Crippen molar-refractivity contribution in [3.63, 3.8) is 0 Å². The number of amides is 1. The van der Waals surface area contributed by atoms with Gasteiger partial charge in [-0.2, -0.15) is 4.98 Å². The van der Waals surface area contributed by atoms with E-state index in [1.54, 1.807) is 19.1 Å². The van der Waals surface area contributed by atoms with Gasteiger partial charge in [0.25, 0.3) is 5.91 Å². The van der Waals surface area contributed by atoms with E-state index in [1.807, 2.05) is 12.1 Å². The molecule has 2 aromatic rings. The first-order valence-electron chi connectivity index (χ1n) is 9.03. The highest BCUT2D eigenvalue weighted by molar-refractivity contribution is 5.94. The molecule has 1 fully saturated rings. The lowest BCUT2D eigenvalue weighted by atomic mass is 10.0. The van der Waals surface area contributed by atoms with E-state index in [0.717, 1.165) is 24.4 Å². The Hall–Kier alpha value is -2.21. The molecule has 3 rings (SSSR count). The Labute approximate surface area is 148 Å². The molecule has 1 aliphatic rings. The first-order chi connectivity index (χ1) is 12.1. The van der Waals surface area contributed by atoms with E-state index in [9.17, 15) is 4.79 Å². The predicted molar refractivity (Wildman–Crippen MR) is 96.3 cm³/mol. The predicted octanol–water partition coefficient (Wildman–Crippen LogP) is 2.90. The molecule has 0 unspecified atom stereocenters. The van der Waals surface area contributed by atoms with Crippen LogP contribution >= 0.6 is 0 Å². The number of hydrogen-bond donors (Lipinski definition) is 1. The SMILES string of the molecule is Cc1nc(-c2ccc(C(=O)NCCCN3CCC[C@H](C)C3)cc2)no1. The molecule has 1 atom stereocenters. The number of piperidine rings is 1. The van der Waals surface area contributed by atoms with Crippen LogP contribution in [-0.2, 0) is 0 Å². The molecule has 1 N–H and O–H groups in total. The molecule has 6 heteroatoms. The van der Waals surface area contributed by atoms with Gasteiger partial charge in [0.2, 0.25) is 11.7 Å². The fourth-order valence-electron chi connectivity index (χ4n) is 3.28. The summed E-state index contributed by atoms with van der Waals surface area (Å²) in [5.41, 5.74) is 1.49. The van der Waals surface area contributed by atoms with Crippen LogP contribution in [0.2, 0.25) is 0 Å². The van der Waals surface area contributed by atoms with Crippen molar-refractivity contribution < 1.29 is 9.32 Å². The largest absolute Gasteiger partial charge is 0.352 e. The van der Waals surface area contributed by atoms with Crippen molar-refractivity contribution in [2.75, 3.05) is 26.2 Å². The van der Waals surface area contributed by atoms with Gasteiger partial charge < -0.3 is 14.7 Å². The number of carbonyl (C=O) groups excluding carboxylic acids is 1.